The fourth-order valence-electron chi connectivity index (χ4n) is 4.39. The molecule has 186 valence electrons. The Balaban J connectivity index is 1.37. The van der Waals surface area contributed by atoms with E-state index in [0.29, 0.717) is 36.2 Å². The number of ether oxygens (including phenoxy) is 2. The number of aliphatic hydroxyl groups is 1. The maximum Gasteiger partial charge on any atom is 0.252 e. The van der Waals surface area contributed by atoms with Gasteiger partial charge in [-0.2, -0.15) is 5.10 Å². The lowest BCUT2D eigenvalue weighted by molar-refractivity contribution is -0.107. The number of rotatable bonds is 7. The van der Waals surface area contributed by atoms with Crippen molar-refractivity contribution in [3.05, 3.63) is 54.2 Å². The van der Waals surface area contributed by atoms with Crippen LogP contribution in [0.15, 0.2) is 42.9 Å². The fraction of sp³-hybridized carbons (Fsp3) is 0.480. The molecule has 8 nitrogen and oxygen atoms in total. The molecule has 1 saturated heterocycles. The molecule has 0 bridgehead atoms. The van der Waals surface area contributed by atoms with Crippen molar-refractivity contribution in [2.45, 2.75) is 63.0 Å². The third kappa shape index (κ3) is 5.43. The van der Waals surface area contributed by atoms with Gasteiger partial charge in [-0.3, -0.25) is 9.67 Å². The summed E-state index contributed by atoms with van der Waals surface area (Å²) in [5, 5.41) is 18.1. The standard InChI is InChI=1S/C25H29F2N5O3/c1-24(2,33)21-11-17(3-7-28-21)30-22-12-19(4-8-29-22)35-20-15-32(18-13-25(26,27)14-18)31-23(20)16-5-9-34-10-6-16/h3-4,7-8,11-12,15-16,18,33H,5-6,9-10,13-14H2,1-2H3,(H,28,29,30). The van der Waals surface area contributed by atoms with E-state index >= 15 is 0 Å². The Bertz CT molecular complexity index is 1180. The maximum absolute atomic E-state index is 13.5. The molecular weight excluding hydrogens is 456 g/mol. The first-order valence-corrected chi connectivity index (χ1v) is 11.8. The van der Waals surface area contributed by atoms with Gasteiger partial charge in [0, 0.05) is 56.1 Å². The van der Waals surface area contributed by atoms with Crippen molar-refractivity contribution >= 4 is 11.5 Å². The number of pyridine rings is 2. The summed E-state index contributed by atoms with van der Waals surface area (Å²) in [6.45, 7) is 4.63. The SMILES string of the molecule is CC(C)(O)c1cc(Nc2cc(Oc3cn(C4CC(F)(F)C4)nc3C3CCOCC3)ccn2)ccn1. The summed E-state index contributed by atoms with van der Waals surface area (Å²) in [6, 6.07) is 6.71. The van der Waals surface area contributed by atoms with E-state index in [9.17, 15) is 13.9 Å². The topological polar surface area (TPSA) is 94.3 Å². The molecule has 0 amide bonds. The molecule has 5 rings (SSSR count). The fourth-order valence-corrected chi connectivity index (χ4v) is 4.39. The molecule has 3 aromatic rings. The van der Waals surface area contributed by atoms with Crippen molar-refractivity contribution in [3.8, 4) is 11.5 Å². The van der Waals surface area contributed by atoms with Gasteiger partial charge in [-0.25, -0.2) is 13.8 Å². The predicted octanol–water partition coefficient (Wildman–Crippen LogP) is 5.30. The average Bonchev–Trinajstić information content (AvgIpc) is 3.21. The Kier molecular flexibility index (Phi) is 6.18. The molecule has 35 heavy (non-hydrogen) atoms. The van der Waals surface area contributed by atoms with Crippen molar-refractivity contribution in [1.29, 1.82) is 0 Å². The summed E-state index contributed by atoms with van der Waals surface area (Å²) in [6.07, 6.45) is 6.18. The number of halogens is 2. The molecule has 2 fully saturated rings. The molecule has 4 heterocycles. The van der Waals surface area contributed by atoms with Crippen LogP contribution in [0.2, 0.25) is 0 Å². The molecule has 0 spiro atoms. The van der Waals surface area contributed by atoms with Crippen LogP contribution in [0.3, 0.4) is 0 Å². The van der Waals surface area contributed by atoms with E-state index in [1.54, 1.807) is 61.4 Å². The lowest BCUT2D eigenvalue weighted by atomic mass is 9.88. The third-order valence-electron chi connectivity index (χ3n) is 6.39. The van der Waals surface area contributed by atoms with E-state index in [2.05, 4.69) is 20.4 Å². The van der Waals surface area contributed by atoms with Gasteiger partial charge in [0.15, 0.2) is 5.75 Å². The highest BCUT2D eigenvalue weighted by Crippen LogP contribution is 2.46. The number of nitrogens with zero attached hydrogens (tertiary/aromatic N) is 4. The van der Waals surface area contributed by atoms with Crippen LogP contribution in [0.5, 0.6) is 11.5 Å². The molecule has 0 unspecified atom stereocenters. The number of alkyl halides is 2. The van der Waals surface area contributed by atoms with Crippen LogP contribution in [-0.2, 0) is 10.3 Å². The lowest BCUT2D eigenvalue weighted by Gasteiger charge is -2.34. The quantitative estimate of drug-likeness (QED) is 0.469. The van der Waals surface area contributed by atoms with Gasteiger partial charge in [0.05, 0.1) is 17.9 Å². The molecule has 1 aliphatic carbocycles. The zero-order chi connectivity index (χ0) is 24.6. The number of hydrogen-bond donors (Lipinski definition) is 2. The van der Waals surface area contributed by atoms with Gasteiger partial charge in [-0.15, -0.1) is 0 Å². The minimum atomic E-state index is -2.62. The lowest BCUT2D eigenvalue weighted by Crippen LogP contribution is -2.37. The molecular formula is C25H29F2N5O3. The van der Waals surface area contributed by atoms with Gasteiger partial charge in [-0.1, -0.05) is 0 Å². The second kappa shape index (κ2) is 9.16. The van der Waals surface area contributed by atoms with Crippen LogP contribution in [0, 0.1) is 0 Å². The molecule has 0 radical (unpaired) electrons. The zero-order valence-corrected chi connectivity index (χ0v) is 19.7. The molecule has 1 saturated carbocycles. The number of nitrogens with one attached hydrogen (secondary N) is 1. The van der Waals surface area contributed by atoms with E-state index in [0.717, 1.165) is 24.2 Å². The Morgan fingerprint density at radius 2 is 1.89 bits per heavy atom. The summed E-state index contributed by atoms with van der Waals surface area (Å²) in [7, 11) is 0. The van der Waals surface area contributed by atoms with Gasteiger partial charge in [0.25, 0.3) is 5.92 Å². The van der Waals surface area contributed by atoms with E-state index in [4.69, 9.17) is 9.47 Å². The second-order valence-electron chi connectivity index (χ2n) is 9.76. The van der Waals surface area contributed by atoms with E-state index in [1.165, 1.54) is 0 Å². The molecule has 2 aliphatic rings. The highest BCUT2D eigenvalue weighted by Gasteiger charge is 2.47. The molecule has 3 aromatic heterocycles. The first-order valence-electron chi connectivity index (χ1n) is 11.8. The van der Waals surface area contributed by atoms with Gasteiger partial charge < -0.3 is 19.9 Å². The zero-order valence-electron chi connectivity index (χ0n) is 19.7. The van der Waals surface area contributed by atoms with Crippen molar-refractivity contribution in [3.63, 3.8) is 0 Å². The second-order valence-corrected chi connectivity index (χ2v) is 9.76. The normalized spacial score (nSPS) is 18.8. The first kappa shape index (κ1) is 23.6. The summed E-state index contributed by atoms with van der Waals surface area (Å²) < 4.78 is 40.3. The van der Waals surface area contributed by atoms with Crippen molar-refractivity contribution < 1.29 is 23.4 Å². The summed E-state index contributed by atoms with van der Waals surface area (Å²) in [5.41, 5.74) is 0.966. The van der Waals surface area contributed by atoms with Crippen molar-refractivity contribution in [1.82, 2.24) is 19.7 Å². The smallest absolute Gasteiger partial charge is 0.252 e. The molecule has 0 atom stereocenters. The largest absolute Gasteiger partial charge is 0.454 e. The van der Waals surface area contributed by atoms with Crippen molar-refractivity contribution in [2.75, 3.05) is 18.5 Å². The van der Waals surface area contributed by atoms with Gasteiger partial charge >= 0.3 is 0 Å². The molecule has 1 aliphatic heterocycles. The highest BCUT2D eigenvalue weighted by molar-refractivity contribution is 5.58. The maximum atomic E-state index is 13.5. The summed E-state index contributed by atoms with van der Waals surface area (Å²) in [5.74, 6) is -0.810. The average molecular weight is 486 g/mol. The minimum Gasteiger partial charge on any atom is -0.454 e. The highest BCUT2D eigenvalue weighted by atomic mass is 19.3. The van der Waals surface area contributed by atoms with Crippen LogP contribution in [0.4, 0.5) is 20.3 Å². The molecule has 10 heteroatoms. The third-order valence-corrected chi connectivity index (χ3v) is 6.39. The van der Waals surface area contributed by atoms with Crippen molar-refractivity contribution in [2.24, 2.45) is 0 Å². The van der Waals surface area contributed by atoms with Crippen LogP contribution >= 0.6 is 0 Å². The summed E-state index contributed by atoms with van der Waals surface area (Å²) >= 11 is 0. The Labute approximate surface area is 202 Å². The Morgan fingerprint density at radius 3 is 2.60 bits per heavy atom. The van der Waals surface area contributed by atoms with Crippen LogP contribution in [0.1, 0.15) is 62.9 Å². The minimum absolute atomic E-state index is 0.150. The van der Waals surface area contributed by atoms with Gasteiger partial charge in [0.2, 0.25) is 0 Å². The first-order chi connectivity index (χ1) is 16.7. The van der Waals surface area contributed by atoms with Crippen LogP contribution in [0.25, 0.3) is 0 Å². The Hall–Kier alpha value is -3.11. The van der Waals surface area contributed by atoms with Crippen LogP contribution in [-0.4, -0.2) is 44.0 Å². The molecule has 2 N–H and O–H groups in total. The van der Waals surface area contributed by atoms with Crippen LogP contribution < -0.4 is 10.1 Å². The predicted molar refractivity (Wildman–Crippen MR) is 125 cm³/mol. The monoisotopic (exact) mass is 485 g/mol. The van der Waals surface area contributed by atoms with E-state index in [1.807, 2.05) is 0 Å². The number of aromatic nitrogens is 4. The molecule has 0 aromatic carbocycles. The Morgan fingerprint density at radius 1 is 1.14 bits per heavy atom. The van der Waals surface area contributed by atoms with E-state index in [-0.39, 0.29) is 24.8 Å². The number of hydrogen-bond acceptors (Lipinski definition) is 7. The van der Waals surface area contributed by atoms with E-state index < -0.39 is 11.5 Å². The summed E-state index contributed by atoms with van der Waals surface area (Å²) in [4.78, 5) is 8.57. The van der Waals surface area contributed by atoms with Gasteiger partial charge in [0.1, 0.15) is 22.9 Å². The number of anilines is 2. The van der Waals surface area contributed by atoms with Gasteiger partial charge in [-0.05, 0) is 44.9 Å².